The lowest BCUT2D eigenvalue weighted by Gasteiger charge is -2.46. The van der Waals surface area contributed by atoms with Gasteiger partial charge >= 0.3 is 0 Å². The zero-order valence-corrected chi connectivity index (χ0v) is 7.37. The quantitative estimate of drug-likeness (QED) is 0.452. The number of hydrogen-bond acceptors (Lipinski definition) is 0. The molecule has 0 aromatic heterocycles. The largest absolute Gasteiger partial charge is 0.254 e. The molecular weight excluding hydrogens is 126 g/mol. The van der Waals surface area contributed by atoms with Gasteiger partial charge in [-0.3, -0.25) is 4.39 Å². The minimum Gasteiger partial charge on any atom is -0.254 e. The highest BCUT2D eigenvalue weighted by Gasteiger charge is 2.45. The van der Waals surface area contributed by atoms with Crippen LogP contribution >= 0.6 is 0 Å². The second-order valence-corrected chi connectivity index (χ2v) is 4.88. The van der Waals surface area contributed by atoms with Crippen molar-refractivity contribution < 1.29 is 4.39 Å². The van der Waals surface area contributed by atoms with Crippen LogP contribution in [0.4, 0.5) is 4.39 Å². The summed E-state index contributed by atoms with van der Waals surface area (Å²) in [5, 5.41) is 0. The molecule has 1 aliphatic carbocycles. The van der Waals surface area contributed by atoms with Crippen molar-refractivity contribution in [2.45, 2.75) is 39.2 Å². The lowest BCUT2D eigenvalue weighted by molar-refractivity contribution is 0.0172. The van der Waals surface area contributed by atoms with Crippen molar-refractivity contribution in [3.05, 3.63) is 0 Å². The van der Waals surface area contributed by atoms with Crippen LogP contribution in [0.1, 0.15) is 33.6 Å². The van der Waals surface area contributed by atoms with E-state index in [-0.39, 0.29) is 0 Å². The van der Waals surface area contributed by atoms with E-state index in [0.717, 1.165) is 12.8 Å². The van der Waals surface area contributed by atoms with E-state index in [2.05, 4.69) is 20.8 Å². The Kier molecular flexibility index (Phi) is 1.61. The summed E-state index contributed by atoms with van der Waals surface area (Å²) < 4.78 is 13.0. The Hall–Kier alpha value is -0.00506. The van der Waals surface area contributed by atoms with Gasteiger partial charge in [-0.25, -0.2) is 0 Å². The summed E-state index contributed by atoms with van der Waals surface area (Å²) in [4.78, 5) is 0. The molecule has 0 nitrogen and oxygen atoms in total. The number of alkyl halides is 1. The zero-order chi connectivity index (χ0) is 7.99. The van der Waals surface area contributed by atoms with Crippen molar-refractivity contribution >= 4 is 7.85 Å². The van der Waals surface area contributed by atoms with Gasteiger partial charge < -0.3 is 0 Å². The first-order chi connectivity index (χ1) is 4.31. The van der Waals surface area contributed by atoms with Crippen LogP contribution < -0.4 is 0 Å². The molecule has 0 spiro atoms. The summed E-state index contributed by atoms with van der Waals surface area (Å²) in [6.07, 6.45) is 1.52. The van der Waals surface area contributed by atoms with E-state index in [1.165, 1.54) is 0 Å². The Labute approximate surface area is 63.6 Å². The number of rotatable bonds is 0. The highest BCUT2D eigenvalue weighted by Crippen LogP contribution is 2.47. The van der Waals surface area contributed by atoms with E-state index in [9.17, 15) is 4.39 Å². The molecular formula is C8H16BF. The van der Waals surface area contributed by atoms with Crippen LogP contribution in [0.5, 0.6) is 0 Å². The fourth-order valence-electron chi connectivity index (χ4n) is 1.58. The van der Waals surface area contributed by atoms with Crippen LogP contribution in [0.15, 0.2) is 0 Å². The average Bonchev–Trinajstić information content (AvgIpc) is 1.56. The molecule has 0 aliphatic heterocycles. The third-order valence-electron chi connectivity index (χ3n) is 2.57. The fourth-order valence-corrected chi connectivity index (χ4v) is 1.58. The summed E-state index contributed by atoms with van der Waals surface area (Å²) in [5.41, 5.74) is -0.538. The molecule has 0 amide bonds. The third kappa shape index (κ3) is 1.53. The molecule has 0 saturated heterocycles. The highest BCUT2D eigenvalue weighted by atomic mass is 19.1. The van der Waals surface area contributed by atoms with Crippen molar-refractivity contribution in [2.75, 3.05) is 0 Å². The smallest absolute Gasteiger partial charge is 0.150 e. The van der Waals surface area contributed by atoms with Gasteiger partial charge in [0.05, 0.1) is 5.57 Å². The molecule has 0 aromatic carbocycles. The van der Waals surface area contributed by atoms with Crippen molar-refractivity contribution in [3.8, 4) is 0 Å². The van der Waals surface area contributed by atoms with E-state index < -0.39 is 5.57 Å². The first kappa shape index (κ1) is 8.09. The van der Waals surface area contributed by atoms with E-state index in [1.54, 1.807) is 7.85 Å². The molecule has 0 radical (unpaired) electrons. The van der Waals surface area contributed by atoms with Gasteiger partial charge in [-0.2, -0.15) is 0 Å². The predicted molar refractivity (Wildman–Crippen MR) is 44.6 cm³/mol. The summed E-state index contributed by atoms with van der Waals surface area (Å²) in [7, 11) is 1.70. The van der Waals surface area contributed by atoms with Gasteiger partial charge in [0.1, 0.15) is 7.85 Å². The second-order valence-electron chi connectivity index (χ2n) is 4.88. The van der Waals surface area contributed by atoms with Crippen LogP contribution in [0.2, 0.25) is 0 Å². The monoisotopic (exact) mass is 142 g/mol. The van der Waals surface area contributed by atoms with Gasteiger partial charge in [-0.15, -0.1) is 0 Å². The van der Waals surface area contributed by atoms with Crippen LogP contribution in [-0.4, -0.2) is 13.4 Å². The lowest BCUT2D eigenvalue weighted by atomic mass is 9.54. The molecule has 10 heavy (non-hydrogen) atoms. The van der Waals surface area contributed by atoms with Gasteiger partial charge in [0.2, 0.25) is 0 Å². The first-order valence-electron chi connectivity index (χ1n) is 4.00. The average molecular weight is 142 g/mol. The molecule has 0 N–H and O–H groups in total. The van der Waals surface area contributed by atoms with Gasteiger partial charge in [-0.1, -0.05) is 20.8 Å². The van der Waals surface area contributed by atoms with E-state index in [0.29, 0.717) is 11.3 Å². The van der Waals surface area contributed by atoms with Crippen molar-refractivity contribution in [1.82, 2.24) is 0 Å². The van der Waals surface area contributed by atoms with Crippen molar-refractivity contribution in [1.29, 1.82) is 0 Å². The molecule has 0 atom stereocenters. The Bertz CT molecular complexity index is 127. The van der Waals surface area contributed by atoms with E-state index in [1.807, 2.05) is 0 Å². The molecule has 58 valence electrons. The molecule has 0 bridgehead atoms. The molecule has 2 heteroatoms. The summed E-state index contributed by atoms with van der Waals surface area (Å²) in [5.74, 6) is 0.600. The van der Waals surface area contributed by atoms with Crippen LogP contribution in [0.25, 0.3) is 0 Å². The molecule has 1 saturated carbocycles. The Balaban J connectivity index is 2.40. The maximum absolute atomic E-state index is 13.0. The topological polar surface area (TPSA) is 0 Å². The summed E-state index contributed by atoms with van der Waals surface area (Å²) in [6, 6.07) is 0. The molecule has 1 rings (SSSR count). The minimum atomic E-state index is -0.849. The first-order valence-corrected chi connectivity index (χ1v) is 4.00. The Morgan fingerprint density at radius 3 is 1.90 bits per heavy atom. The summed E-state index contributed by atoms with van der Waals surface area (Å²) in [6.45, 7) is 6.56. The maximum atomic E-state index is 13.0. The van der Waals surface area contributed by atoms with Crippen LogP contribution in [0, 0.1) is 11.3 Å². The number of halogens is 1. The molecule has 1 aliphatic rings. The fraction of sp³-hybridized carbons (Fsp3) is 1.00. The molecule has 1 fully saturated rings. The third-order valence-corrected chi connectivity index (χ3v) is 2.57. The zero-order valence-electron chi connectivity index (χ0n) is 7.37. The maximum Gasteiger partial charge on any atom is 0.150 e. The molecule has 0 unspecified atom stereocenters. The standard InChI is InChI=1S/C8H16BF/c1-7(2,3)6-4-8(9,10)5-6/h6H,4-5,9H2,1-3H3. The van der Waals surface area contributed by atoms with Gasteiger partial charge in [0.15, 0.2) is 0 Å². The normalized spacial score (nSPS) is 41.0. The van der Waals surface area contributed by atoms with Crippen molar-refractivity contribution in [2.24, 2.45) is 11.3 Å². The molecule has 0 aromatic rings. The van der Waals surface area contributed by atoms with Gasteiger partial charge in [0.25, 0.3) is 0 Å². The Morgan fingerprint density at radius 2 is 1.80 bits per heavy atom. The summed E-state index contributed by atoms with van der Waals surface area (Å²) >= 11 is 0. The lowest BCUT2D eigenvalue weighted by Crippen LogP contribution is -2.45. The highest BCUT2D eigenvalue weighted by molar-refractivity contribution is 6.15. The van der Waals surface area contributed by atoms with Crippen LogP contribution in [0.3, 0.4) is 0 Å². The van der Waals surface area contributed by atoms with Gasteiger partial charge in [-0.05, 0) is 24.2 Å². The SMILES string of the molecule is BC1(F)CC(C(C)(C)C)C1. The minimum absolute atomic E-state index is 0.311. The second kappa shape index (κ2) is 1.99. The van der Waals surface area contributed by atoms with E-state index >= 15 is 0 Å². The van der Waals surface area contributed by atoms with Crippen LogP contribution in [-0.2, 0) is 0 Å². The molecule has 0 heterocycles. The van der Waals surface area contributed by atoms with Crippen molar-refractivity contribution in [3.63, 3.8) is 0 Å². The Morgan fingerprint density at radius 1 is 1.40 bits per heavy atom. The number of hydrogen-bond donors (Lipinski definition) is 0. The van der Waals surface area contributed by atoms with E-state index in [4.69, 9.17) is 0 Å². The predicted octanol–water partition coefficient (Wildman–Crippen LogP) is 1.74. The van der Waals surface area contributed by atoms with Gasteiger partial charge in [0, 0.05) is 0 Å².